The summed E-state index contributed by atoms with van der Waals surface area (Å²) in [7, 11) is 1.55. The van der Waals surface area contributed by atoms with E-state index >= 15 is 0 Å². The van der Waals surface area contributed by atoms with Gasteiger partial charge in [-0.1, -0.05) is 11.6 Å². The predicted molar refractivity (Wildman–Crippen MR) is 108 cm³/mol. The average molecular weight is 578 g/mol. The number of nitrogens with zero attached hydrogens (tertiary/aromatic N) is 3. The van der Waals surface area contributed by atoms with E-state index in [1.165, 1.54) is 0 Å². The summed E-state index contributed by atoms with van der Waals surface area (Å²) in [5.41, 5.74) is 3.51. The van der Waals surface area contributed by atoms with Gasteiger partial charge >= 0.3 is 0 Å². The molecule has 4 rings (SSSR count). The van der Waals surface area contributed by atoms with E-state index in [-0.39, 0.29) is 32.7 Å². The van der Waals surface area contributed by atoms with Gasteiger partial charge in [0.05, 0.1) is 22.5 Å². The molecule has 0 aliphatic rings. The van der Waals surface area contributed by atoms with Crippen molar-refractivity contribution in [2.75, 3.05) is 12.4 Å². The minimum atomic E-state index is -0.247. The van der Waals surface area contributed by atoms with Crippen LogP contribution >= 0.6 is 11.6 Å². The van der Waals surface area contributed by atoms with E-state index in [2.05, 4.69) is 20.6 Å². The maximum absolute atomic E-state index is 11.8. The summed E-state index contributed by atoms with van der Waals surface area (Å²) in [6.07, 6.45) is 5.23. The number of hydrogen-bond donors (Lipinski definition) is 3. The minimum Gasteiger partial charge on any atom is -0.508 e. The zero-order valence-electron chi connectivity index (χ0n) is 15.3. The number of imidazole rings is 1. The number of carbonyl (C=O) groups excluding carboxylic acids is 1. The van der Waals surface area contributed by atoms with Crippen molar-refractivity contribution in [3.63, 3.8) is 0 Å². The first-order valence-corrected chi connectivity index (χ1v) is 8.85. The van der Waals surface area contributed by atoms with Gasteiger partial charge in [-0.25, -0.2) is 9.97 Å². The van der Waals surface area contributed by atoms with Gasteiger partial charge in [0.2, 0.25) is 0 Å². The number of aromatic nitrogens is 3. The van der Waals surface area contributed by atoms with Crippen molar-refractivity contribution in [3.05, 3.63) is 71.6 Å². The molecule has 146 valence electrons. The zero-order chi connectivity index (χ0) is 19.7. The first-order valence-electron chi connectivity index (χ1n) is 8.47. The van der Waals surface area contributed by atoms with Crippen LogP contribution in [0.1, 0.15) is 10.4 Å². The smallest absolute Gasteiger partial charge is 0.252 e. The van der Waals surface area contributed by atoms with Crippen LogP contribution in [0.4, 0.5) is 11.5 Å². The second-order valence-corrected chi connectivity index (χ2v) is 6.47. The molecule has 0 radical (unpaired) electrons. The topological polar surface area (TPSA) is 91.6 Å². The molecule has 0 atom stereocenters. The summed E-state index contributed by atoms with van der Waals surface area (Å²) in [6, 6.07) is 12.0. The summed E-state index contributed by atoms with van der Waals surface area (Å²) < 4.78 is 1.90. The van der Waals surface area contributed by atoms with Gasteiger partial charge in [0.1, 0.15) is 5.75 Å². The van der Waals surface area contributed by atoms with Gasteiger partial charge in [-0.2, -0.15) is 0 Å². The molecule has 0 bridgehead atoms. The van der Waals surface area contributed by atoms with Crippen molar-refractivity contribution in [1.82, 2.24) is 19.7 Å². The van der Waals surface area contributed by atoms with Crippen LogP contribution in [0.3, 0.4) is 0 Å². The third kappa shape index (κ3) is 4.11. The van der Waals surface area contributed by atoms with Crippen LogP contribution in [0, 0.1) is 0 Å². The van der Waals surface area contributed by atoms with Gasteiger partial charge in [-0.05, 0) is 42.5 Å². The molecule has 2 aromatic carbocycles. The molecular formula is C20H16ClN5O2W. The number of phenols is 1. The SMILES string of the molecule is CNC(=O)c1ccc(Nc2nccn3c(-c4ccc(O)cc4)cnc23)cc1Cl.[W]. The maximum Gasteiger partial charge on any atom is 0.252 e. The largest absolute Gasteiger partial charge is 0.508 e. The summed E-state index contributed by atoms with van der Waals surface area (Å²) in [4.78, 5) is 20.6. The molecule has 0 fully saturated rings. The minimum absolute atomic E-state index is 0. The molecule has 0 unspecified atom stereocenters. The Balaban J connectivity index is 0.00000240. The maximum atomic E-state index is 11.8. The standard InChI is InChI=1S/C20H16ClN5O2.W/c1-22-20(28)15-7-4-13(10-16(15)21)25-18-19-24-11-17(26(19)9-8-23-18)12-2-5-14(27)6-3-12;/h2-11,27H,1H3,(H,22,28)(H,23,25);. The number of benzene rings is 2. The van der Waals surface area contributed by atoms with Crippen LogP contribution in [-0.4, -0.2) is 32.4 Å². The third-order valence-electron chi connectivity index (χ3n) is 4.29. The fourth-order valence-corrected chi connectivity index (χ4v) is 3.17. The Kier molecular flexibility index (Phi) is 6.20. The van der Waals surface area contributed by atoms with E-state index in [1.807, 2.05) is 22.7 Å². The Morgan fingerprint density at radius 3 is 2.59 bits per heavy atom. The summed E-state index contributed by atoms with van der Waals surface area (Å²) in [5, 5.41) is 15.6. The molecule has 2 aromatic heterocycles. The van der Waals surface area contributed by atoms with E-state index in [9.17, 15) is 9.90 Å². The monoisotopic (exact) mass is 577 g/mol. The van der Waals surface area contributed by atoms with Crippen molar-refractivity contribution in [2.24, 2.45) is 0 Å². The van der Waals surface area contributed by atoms with Crippen LogP contribution < -0.4 is 10.6 Å². The molecule has 4 aromatic rings. The van der Waals surface area contributed by atoms with Crippen LogP contribution in [0.25, 0.3) is 16.9 Å². The number of nitrogens with one attached hydrogen (secondary N) is 2. The van der Waals surface area contributed by atoms with E-state index < -0.39 is 0 Å². The van der Waals surface area contributed by atoms with Gasteiger partial charge in [-0.15, -0.1) is 0 Å². The predicted octanol–water partition coefficient (Wildman–Crippen LogP) is 3.86. The fourth-order valence-electron chi connectivity index (χ4n) is 2.90. The molecule has 7 nitrogen and oxygen atoms in total. The molecule has 9 heteroatoms. The average Bonchev–Trinajstić information content (AvgIpc) is 3.13. The van der Waals surface area contributed by atoms with Crippen LogP contribution in [0.15, 0.2) is 61.1 Å². The summed E-state index contributed by atoms with van der Waals surface area (Å²) in [5.74, 6) is 0.513. The summed E-state index contributed by atoms with van der Waals surface area (Å²) >= 11 is 6.22. The number of aromatic hydroxyl groups is 1. The van der Waals surface area contributed by atoms with E-state index in [4.69, 9.17) is 11.6 Å². The van der Waals surface area contributed by atoms with E-state index in [1.54, 1.807) is 49.8 Å². The number of rotatable bonds is 4. The quantitative estimate of drug-likeness (QED) is 0.343. The molecule has 1 amide bonds. The Hall–Kier alpha value is -2.89. The second kappa shape index (κ2) is 8.64. The molecule has 0 aliphatic heterocycles. The number of carbonyl (C=O) groups is 1. The second-order valence-electron chi connectivity index (χ2n) is 6.06. The zero-order valence-corrected chi connectivity index (χ0v) is 18.9. The number of hydrogen-bond acceptors (Lipinski definition) is 5. The van der Waals surface area contributed by atoms with Crippen LogP contribution in [0.2, 0.25) is 5.02 Å². The van der Waals surface area contributed by atoms with Crippen molar-refractivity contribution in [1.29, 1.82) is 0 Å². The normalized spacial score (nSPS) is 10.4. The number of fused-ring (bicyclic) bond motifs is 1. The Morgan fingerprint density at radius 1 is 1.14 bits per heavy atom. The van der Waals surface area contributed by atoms with Crippen molar-refractivity contribution >= 4 is 34.7 Å². The van der Waals surface area contributed by atoms with E-state index in [0.717, 1.165) is 11.3 Å². The Labute approximate surface area is 186 Å². The molecule has 0 aliphatic carbocycles. The first-order chi connectivity index (χ1) is 13.6. The summed E-state index contributed by atoms with van der Waals surface area (Å²) in [6.45, 7) is 0. The Bertz CT molecular complexity index is 1180. The fraction of sp³-hybridized carbons (Fsp3) is 0.0500. The van der Waals surface area contributed by atoms with Gasteiger partial charge in [-0.3, -0.25) is 9.20 Å². The molecule has 3 N–H and O–H groups in total. The molecule has 0 saturated carbocycles. The van der Waals surface area contributed by atoms with Crippen molar-refractivity contribution in [2.45, 2.75) is 0 Å². The van der Waals surface area contributed by atoms with Crippen LogP contribution in [0.5, 0.6) is 5.75 Å². The number of anilines is 2. The Morgan fingerprint density at radius 2 is 1.90 bits per heavy atom. The number of amides is 1. The third-order valence-corrected chi connectivity index (χ3v) is 4.61. The van der Waals surface area contributed by atoms with Gasteiger partial charge in [0.15, 0.2) is 11.5 Å². The molecule has 29 heavy (non-hydrogen) atoms. The molecule has 0 saturated heterocycles. The van der Waals surface area contributed by atoms with Crippen LogP contribution in [-0.2, 0) is 21.1 Å². The molecule has 0 spiro atoms. The van der Waals surface area contributed by atoms with Gasteiger partial charge in [0, 0.05) is 51.8 Å². The van der Waals surface area contributed by atoms with Crippen molar-refractivity contribution in [3.8, 4) is 17.0 Å². The number of halogens is 1. The van der Waals surface area contributed by atoms with Gasteiger partial charge < -0.3 is 15.7 Å². The molecule has 2 heterocycles. The van der Waals surface area contributed by atoms with Gasteiger partial charge in [0.25, 0.3) is 5.91 Å². The number of phenolic OH excluding ortho intramolecular Hbond substituents is 1. The van der Waals surface area contributed by atoms with Crippen molar-refractivity contribution < 1.29 is 31.0 Å². The first kappa shape index (κ1) is 20.8. The van der Waals surface area contributed by atoms with E-state index in [0.29, 0.717) is 27.7 Å². The molecular weight excluding hydrogens is 562 g/mol.